The fourth-order valence-electron chi connectivity index (χ4n) is 1.49. The van der Waals surface area contributed by atoms with Crippen molar-refractivity contribution >= 4 is 0 Å². The van der Waals surface area contributed by atoms with Gasteiger partial charge in [0.25, 0.3) is 0 Å². The molecule has 1 N–H and O–H groups in total. The highest BCUT2D eigenvalue weighted by atomic mass is 19.4. The largest absolute Gasteiger partial charge is 0.431 e. The third-order valence-electron chi connectivity index (χ3n) is 2.26. The molecule has 0 bridgehead atoms. The Morgan fingerprint density at radius 2 is 1.59 bits per heavy atom. The normalized spacial score (nSPS) is 11.5. The van der Waals surface area contributed by atoms with Crippen LogP contribution in [0.25, 0.3) is 11.1 Å². The van der Waals surface area contributed by atoms with Crippen LogP contribution in [0, 0.1) is 0 Å². The maximum absolute atomic E-state index is 12.5. The van der Waals surface area contributed by atoms with Gasteiger partial charge in [-0.3, -0.25) is 4.79 Å². The molecule has 17 heavy (non-hydrogen) atoms. The molecule has 0 amide bonds. The van der Waals surface area contributed by atoms with Crippen LogP contribution in [0.4, 0.5) is 13.2 Å². The first-order chi connectivity index (χ1) is 7.97. The van der Waals surface area contributed by atoms with E-state index in [0.717, 1.165) is 12.1 Å². The van der Waals surface area contributed by atoms with Gasteiger partial charge in [0.15, 0.2) is 0 Å². The number of pyridine rings is 1. The van der Waals surface area contributed by atoms with Crippen LogP contribution >= 0.6 is 0 Å². The summed E-state index contributed by atoms with van der Waals surface area (Å²) in [6, 6.07) is 10.5. The highest BCUT2D eigenvalue weighted by molar-refractivity contribution is 5.63. The third kappa shape index (κ3) is 2.55. The first kappa shape index (κ1) is 11.4. The van der Waals surface area contributed by atoms with Gasteiger partial charge in [-0.1, -0.05) is 30.3 Å². The molecule has 1 aromatic heterocycles. The second-order valence-electron chi connectivity index (χ2n) is 3.51. The van der Waals surface area contributed by atoms with Crippen LogP contribution in [0.1, 0.15) is 5.69 Å². The van der Waals surface area contributed by atoms with Gasteiger partial charge in [0, 0.05) is 6.07 Å². The molecule has 0 fully saturated rings. The molecule has 2 nitrogen and oxygen atoms in total. The molecule has 0 atom stereocenters. The number of aromatic amines is 1. The molecular weight excluding hydrogens is 231 g/mol. The molecule has 1 heterocycles. The minimum Gasteiger partial charge on any atom is -0.318 e. The molecule has 0 unspecified atom stereocenters. The van der Waals surface area contributed by atoms with Gasteiger partial charge in [0.05, 0.1) is 0 Å². The van der Waals surface area contributed by atoms with Gasteiger partial charge in [-0.25, -0.2) is 0 Å². The lowest BCUT2D eigenvalue weighted by atomic mass is 10.1. The van der Waals surface area contributed by atoms with Crippen LogP contribution in [0.3, 0.4) is 0 Å². The third-order valence-corrected chi connectivity index (χ3v) is 2.26. The summed E-state index contributed by atoms with van der Waals surface area (Å²) in [7, 11) is 0. The number of alkyl halides is 3. The lowest BCUT2D eigenvalue weighted by Crippen LogP contribution is -2.15. The van der Waals surface area contributed by atoms with Crippen molar-refractivity contribution in [3.8, 4) is 11.1 Å². The number of nitrogens with one attached hydrogen (secondary N) is 1. The second kappa shape index (κ2) is 4.08. The van der Waals surface area contributed by atoms with Crippen molar-refractivity contribution in [2.45, 2.75) is 6.18 Å². The van der Waals surface area contributed by atoms with Crippen molar-refractivity contribution in [1.82, 2.24) is 4.98 Å². The molecule has 0 saturated carbocycles. The molecule has 88 valence electrons. The number of rotatable bonds is 1. The molecule has 0 radical (unpaired) electrons. The molecule has 2 aromatic rings. The summed E-state index contributed by atoms with van der Waals surface area (Å²) in [6.07, 6.45) is -4.55. The smallest absolute Gasteiger partial charge is 0.318 e. The van der Waals surface area contributed by atoms with Crippen molar-refractivity contribution in [1.29, 1.82) is 0 Å². The average molecular weight is 239 g/mol. The molecular formula is C12H8F3NO. The molecule has 0 aliphatic heterocycles. The summed E-state index contributed by atoms with van der Waals surface area (Å²) in [4.78, 5) is 13.0. The zero-order valence-corrected chi connectivity index (χ0v) is 8.58. The Hall–Kier alpha value is -2.04. The Balaban J connectivity index is 2.58. The number of H-pyrrole nitrogens is 1. The van der Waals surface area contributed by atoms with E-state index in [4.69, 9.17) is 0 Å². The summed E-state index contributed by atoms with van der Waals surface area (Å²) in [6.45, 7) is 0. The Morgan fingerprint density at radius 1 is 0.941 bits per heavy atom. The topological polar surface area (TPSA) is 32.9 Å². The van der Waals surface area contributed by atoms with Crippen molar-refractivity contribution in [2.24, 2.45) is 0 Å². The fourth-order valence-corrected chi connectivity index (χ4v) is 1.49. The van der Waals surface area contributed by atoms with Gasteiger partial charge in [0.1, 0.15) is 5.69 Å². The summed E-state index contributed by atoms with van der Waals surface area (Å²) in [5.41, 5.74) is -0.978. The van der Waals surface area contributed by atoms with Crippen molar-refractivity contribution in [3.63, 3.8) is 0 Å². The highest BCUT2D eigenvalue weighted by Crippen LogP contribution is 2.29. The Kier molecular flexibility index (Phi) is 2.75. The summed E-state index contributed by atoms with van der Waals surface area (Å²) in [5.74, 6) is 0. The minimum absolute atomic E-state index is 0.252. The van der Waals surface area contributed by atoms with E-state index in [0.29, 0.717) is 5.56 Å². The highest BCUT2D eigenvalue weighted by Gasteiger charge is 2.32. The van der Waals surface area contributed by atoms with Gasteiger partial charge in [-0.05, 0) is 17.2 Å². The van der Waals surface area contributed by atoms with Gasteiger partial charge in [-0.15, -0.1) is 0 Å². The van der Waals surface area contributed by atoms with Crippen LogP contribution in [-0.4, -0.2) is 4.98 Å². The average Bonchev–Trinajstić information content (AvgIpc) is 2.28. The SMILES string of the molecule is O=c1cc(-c2ccccc2)cc(C(F)(F)F)[nH]1. The summed E-state index contributed by atoms with van der Waals surface area (Å²) < 4.78 is 37.5. The minimum atomic E-state index is -4.55. The van der Waals surface area contributed by atoms with E-state index in [1.807, 2.05) is 0 Å². The van der Waals surface area contributed by atoms with Crippen LogP contribution in [0.15, 0.2) is 47.3 Å². The second-order valence-corrected chi connectivity index (χ2v) is 3.51. The number of hydrogen-bond donors (Lipinski definition) is 1. The standard InChI is InChI=1S/C12H8F3NO/c13-12(14,15)10-6-9(7-11(17)16-10)8-4-2-1-3-5-8/h1-7H,(H,16,17). The van der Waals surface area contributed by atoms with Crippen molar-refractivity contribution < 1.29 is 13.2 Å². The van der Waals surface area contributed by atoms with E-state index in [1.54, 1.807) is 35.3 Å². The molecule has 0 spiro atoms. The van der Waals surface area contributed by atoms with E-state index in [1.165, 1.54) is 0 Å². The molecule has 5 heteroatoms. The first-order valence-corrected chi connectivity index (χ1v) is 4.84. The first-order valence-electron chi connectivity index (χ1n) is 4.84. The van der Waals surface area contributed by atoms with Gasteiger partial charge >= 0.3 is 6.18 Å². The lowest BCUT2D eigenvalue weighted by Gasteiger charge is -2.08. The van der Waals surface area contributed by atoms with Crippen LogP contribution in [0.2, 0.25) is 0 Å². The fraction of sp³-hybridized carbons (Fsp3) is 0.0833. The van der Waals surface area contributed by atoms with Crippen LogP contribution in [0.5, 0.6) is 0 Å². The molecule has 0 aliphatic carbocycles. The quantitative estimate of drug-likeness (QED) is 0.815. The Bertz CT molecular complexity index is 572. The Labute approximate surface area is 94.7 Å². The van der Waals surface area contributed by atoms with Crippen molar-refractivity contribution in [3.05, 3.63) is 58.5 Å². The van der Waals surface area contributed by atoms with E-state index in [9.17, 15) is 18.0 Å². The zero-order valence-electron chi connectivity index (χ0n) is 8.58. The number of benzene rings is 1. The van der Waals surface area contributed by atoms with E-state index in [-0.39, 0.29) is 5.56 Å². The number of aromatic nitrogens is 1. The molecule has 0 saturated heterocycles. The number of hydrogen-bond acceptors (Lipinski definition) is 1. The van der Waals surface area contributed by atoms with E-state index in [2.05, 4.69) is 0 Å². The number of halogens is 3. The molecule has 2 rings (SSSR count). The van der Waals surface area contributed by atoms with Crippen LogP contribution < -0.4 is 5.56 Å². The van der Waals surface area contributed by atoms with E-state index < -0.39 is 17.4 Å². The maximum Gasteiger partial charge on any atom is 0.431 e. The molecule has 0 aliphatic rings. The van der Waals surface area contributed by atoms with Crippen LogP contribution in [-0.2, 0) is 6.18 Å². The Morgan fingerprint density at radius 3 is 2.18 bits per heavy atom. The molecule has 1 aromatic carbocycles. The van der Waals surface area contributed by atoms with Gasteiger partial charge in [0.2, 0.25) is 5.56 Å². The predicted molar refractivity (Wildman–Crippen MR) is 57.5 cm³/mol. The van der Waals surface area contributed by atoms with E-state index >= 15 is 0 Å². The lowest BCUT2D eigenvalue weighted by molar-refractivity contribution is -0.141. The maximum atomic E-state index is 12.5. The van der Waals surface area contributed by atoms with Gasteiger partial charge in [-0.2, -0.15) is 13.2 Å². The monoisotopic (exact) mass is 239 g/mol. The predicted octanol–water partition coefficient (Wildman–Crippen LogP) is 3.06. The van der Waals surface area contributed by atoms with Crippen molar-refractivity contribution in [2.75, 3.05) is 0 Å². The van der Waals surface area contributed by atoms with Gasteiger partial charge < -0.3 is 4.98 Å². The summed E-state index contributed by atoms with van der Waals surface area (Å²) in [5, 5.41) is 0. The zero-order chi connectivity index (χ0) is 12.5. The summed E-state index contributed by atoms with van der Waals surface area (Å²) >= 11 is 0.